The maximum absolute atomic E-state index is 10.9. The van der Waals surface area contributed by atoms with E-state index in [-0.39, 0.29) is 29.9 Å². The number of methoxy groups -OCH3 is 1. The molecule has 19 heavy (non-hydrogen) atoms. The molecule has 2 N–H and O–H groups in total. The lowest BCUT2D eigenvalue weighted by molar-refractivity contribution is -0.386. The van der Waals surface area contributed by atoms with E-state index in [4.69, 9.17) is 4.74 Å². The first-order valence-electron chi connectivity index (χ1n) is 5.92. The zero-order chi connectivity index (χ0) is 13.1. The summed E-state index contributed by atoms with van der Waals surface area (Å²) < 4.78 is 4.99. The number of hydrogen-bond donors (Lipinski definition) is 2. The molecule has 1 aliphatic heterocycles. The Hall–Kier alpha value is -1.53. The van der Waals surface area contributed by atoms with E-state index in [0.717, 1.165) is 31.4 Å². The normalized spacial score (nSPS) is 18.5. The van der Waals surface area contributed by atoms with Crippen LogP contribution in [0.3, 0.4) is 0 Å². The van der Waals surface area contributed by atoms with Gasteiger partial charge in [-0.25, -0.2) is 0 Å². The van der Waals surface area contributed by atoms with E-state index in [0.29, 0.717) is 0 Å². The topological polar surface area (TPSA) is 84.6 Å². The number of phenolic OH excluding ortho intramolecular Hbond substituents is 1. The zero-order valence-corrected chi connectivity index (χ0v) is 11.4. The van der Waals surface area contributed by atoms with E-state index >= 15 is 0 Å². The molecule has 0 spiro atoms. The maximum atomic E-state index is 10.9. The molecule has 1 aliphatic rings. The Morgan fingerprint density at radius 2 is 2.21 bits per heavy atom. The first-order valence-corrected chi connectivity index (χ1v) is 5.92. The van der Waals surface area contributed by atoms with Crippen molar-refractivity contribution in [2.45, 2.75) is 25.3 Å². The number of phenols is 1. The fourth-order valence-corrected chi connectivity index (χ4v) is 2.25. The summed E-state index contributed by atoms with van der Waals surface area (Å²) in [6.07, 6.45) is 3.15. The second-order valence-corrected chi connectivity index (χ2v) is 4.35. The summed E-state index contributed by atoms with van der Waals surface area (Å²) >= 11 is 0. The van der Waals surface area contributed by atoms with Gasteiger partial charge >= 0.3 is 5.69 Å². The van der Waals surface area contributed by atoms with Crippen LogP contribution in [0, 0.1) is 10.1 Å². The largest absolute Gasteiger partial charge is 0.500 e. The van der Waals surface area contributed by atoms with Gasteiger partial charge in [0.05, 0.1) is 12.0 Å². The molecular formula is C12H17ClN2O4. The molecule has 0 amide bonds. The summed E-state index contributed by atoms with van der Waals surface area (Å²) in [7, 11) is 1.39. The van der Waals surface area contributed by atoms with Gasteiger partial charge in [0, 0.05) is 12.1 Å². The number of nitro groups is 1. The number of ether oxygens (including phenoxy) is 1. The average molecular weight is 289 g/mol. The van der Waals surface area contributed by atoms with Gasteiger partial charge in [-0.1, -0.05) is 6.42 Å². The van der Waals surface area contributed by atoms with E-state index in [2.05, 4.69) is 5.32 Å². The van der Waals surface area contributed by atoms with E-state index in [1.807, 2.05) is 0 Å². The monoisotopic (exact) mass is 288 g/mol. The highest BCUT2D eigenvalue weighted by Gasteiger charge is 2.24. The molecule has 0 unspecified atom stereocenters. The van der Waals surface area contributed by atoms with Gasteiger partial charge in [0.1, 0.15) is 0 Å². The molecule has 0 aromatic heterocycles. The van der Waals surface area contributed by atoms with Crippen LogP contribution in [0.5, 0.6) is 11.5 Å². The number of nitrogens with zero attached hydrogens (tertiary/aromatic N) is 1. The Morgan fingerprint density at radius 1 is 1.47 bits per heavy atom. The van der Waals surface area contributed by atoms with Gasteiger partial charge in [0.25, 0.3) is 0 Å². The fraction of sp³-hybridized carbons (Fsp3) is 0.500. The minimum atomic E-state index is -0.593. The summed E-state index contributed by atoms with van der Waals surface area (Å²) in [5.41, 5.74) is 0.479. The molecule has 1 fully saturated rings. The Balaban J connectivity index is 0.00000180. The molecule has 1 saturated heterocycles. The van der Waals surface area contributed by atoms with Crippen molar-refractivity contribution in [3.8, 4) is 11.5 Å². The van der Waals surface area contributed by atoms with Crippen LogP contribution in [0.4, 0.5) is 5.69 Å². The van der Waals surface area contributed by atoms with Crippen LogP contribution in [0.15, 0.2) is 12.1 Å². The second-order valence-electron chi connectivity index (χ2n) is 4.35. The Labute approximate surface area is 117 Å². The van der Waals surface area contributed by atoms with Crippen LogP contribution in [-0.2, 0) is 0 Å². The van der Waals surface area contributed by atoms with Crippen molar-refractivity contribution < 1.29 is 14.8 Å². The molecule has 6 nitrogen and oxygen atoms in total. The van der Waals surface area contributed by atoms with Crippen molar-refractivity contribution in [2.24, 2.45) is 0 Å². The third-order valence-electron chi connectivity index (χ3n) is 3.21. The first-order chi connectivity index (χ1) is 8.63. The van der Waals surface area contributed by atoms with Gasteiger partial charge in [-0.2, -0.15) is 0 Å². The fourth-order valence-electron chi connectivity index (χ4n) is 2.25. The van der Waals surface area contributed by atoms with Crippen molar-refractivity contribution in [1.29, 1.82) is 0 Å². The lowest BCUT2D eigenvalue weighted by Crippen LogP contribution is -2.26. The first kappa shape index (κ1) is 15.5. The average Bonchev–Trinajstić information content (AvgIpc) is 2.39. The standard InChI is InChI=1S/C12H16N2O4.ClH/c1-18-11-7-8(9-4-2-3-5-13-9)6-10(12(11)15)14(16)17;/h6-7,9,13,15H,2-5H2,1H3;1H/t9-;/m1./s1. The van der Waals surface area contributed by atoms with Crippen LogP contribution in [-0.4, -0.2) is 23.7 Å². The minimum absolute atomic E-state index is 0. The van der Waals surface area contributed by atoms with Crippen molar-refractivity contribution in [2.75, 3.05) is 13.7 Å². The quantitative estimate of drug-likeness (QED) is 0.659. The lowest BCUT2D eigenvalue weighted by atomic mass is 9.96. The predicted molar refractivity (Wildman–Crippen MR) is 73.2 cm³/mol. The smallest absolute Gasteiger partial charge is 0.314 e. The van der Waals surface area contributed by atoms with Crippen molar-refractivity contribution in [3.05, 3.63) is 27.8 Å². The lowest BCUT2D eigenvalue weighted by Gasteiger charge is -2.24. The van der Waals surface area contributed by atoms with Crippen LogP contribution in [0.25, 0.3) is 0 Å². The highest BCUT2D eigenvalue weighted by molar-refractivity contribution is 5.85. The second kappa shape index (κ2) is 6.58. The molecule has 0 radical (unpaired) electrons. The third-order valence-corrected chi connectivity index (χ3v) is 3.21. The van der Waals surface area contributed by atoms with Crippen LogP contribution in [0.1, 0.15) is 30.9 Å². The van der Waals surface area contributed by atoms with Gasteiger partial charge < -0.3 is 15.2 Å². The van der Waals surface area contributed by atoms with Gasteiger partial charge in [-0.15, -0.1) is 12.4 Å². The maximum Gasteiger partial charge on any atom is 0.314 e. The molecule has 2 rings (SSSR count). The Kier molecular flexibility index (Phi) is 5.38. The highest BCUT2D eigenvalue weighted by atomic mass is 35.5. The molecule has 7 heteroatoms. The molecular weight excluding hydrogens is 272 g/mol. The molecule has 1 heterocycles. The molecule has 0 aliphatic carbocycles. The summed E-state index contributed by atoms with van der Waals surface area (Å²) in [6, 6.07) is 3.17. The Bertz CT molecular complexity index is 461. The number of halogens is 1. The van der Waals surface area contributed by atoms with Crippen LogP contribution in [0.2, 0.25) is 0 Å². The Morgan fingerprint density at radius 3 is 2.74 bits per heavy atom. The molecule has 106 valence electrons. The van der Waals surface area contributed by atoms with Crippen LogP contribution < -0.4 is 10.1 Å². The SMILES string of the molecule is COc1cc([C@H]2CCCCN2)cc([N+](=O)[O-])c1O.Cl. The van der Waals surface area contributed by atoms with E-state index in [1.54, 1.807) is 6.07 Å². The summed E-state index contributed by atoms with van der Waals surface area (Å²) in [5.74, 6) is -0.270. The van der Waals surface area contributed by atoms with E-state index in [9.17, 15) is 15.2 Å². The highest BCUT2D eigenvalue weighted by Crippen LogP contribution is 2.39. The predicted octanol–water partition coefficient (Wildman–Crippen LogP) is 2.55. The third kappa shape index (κ3) is 3.27. The van der Waals surface area contributed by atoms with Gasteiger partial charge in [-0.3, -0.25) is 10.1 Å². The van der Waals surface area contributed by atoms with Gasteiger partial charge in [0.15, 0.2) is 5.75 Å². The summed E-state index contributed by atoms with van der Waals surface area (Å²) in [4.78, 5) is 10.3. The van der Waals surface area contributed by atoms with Crippen molar-refractivity contribution >= 4 is 18.1 Å². The number of rotatable bonds is 3. The molecule has 1 aromatic rings. The number of nitro benzene ring substituents is 1. The molecule has 1 atom stereocenters. The number of piperidine rings is 1. The van der Waals surface area contributed by atoms with Gasteiger partial charge in [0.2, 0.25) is 5.75 Å². The number of hydrogen-bond acceptors (Lipinski definition) is 5. The van der Waals surface area contributed by atoms with E-state index in [1.165, 1.54) is 13.2 Å². The number of nitrogens with one attached hydrogen (secondary N) is 1. The van der Waals surface area contributed by atoms with Crippen molar-refractivity contribution in [1.82, 2.24) is 5.32 Å². The van der Waals surface area contributed by atoms with Crippen LogP contribution >= 0.6 is 12.4 Å². The van der Waals surface area contributed by atoms with E-state index < -0.39 is 10.7 Å². The zero-order valence-electron chi connectivity index (χ0n) is 10.6. The minimum Gasteiger partial charge on any atom is -0.500 e. The molecule has 1 aromatic carbocycles. The number of aromatic hydroxyl groups is 1. The van der Waals surface area contributed by atoms with Crippen molar-refractivity contribution in [3.63, 3.8) is 0 Å². The summed E-state index contributed by atoms with van der Waals surface area (Å²) in [5, 5.41) is 23.9. The molecule has 0 saturated carbocycles. The van der Waals surface area contributed by atoms with Gasteiger partial charge in [-0.05, 0) is 31.0 Å². The molecule has 0 bridgehead atoms. The summed E-state index contributed by atoms with van der Waals surface area (Å²) in [6.45, 7) is 0.904. The number of benzene rings is 1.